The zero-order valence-electron chi connectivity index (χ0n) is 6.60. The Morgan fingerprint density at radius 3 is 2.17 bits per heavy atom. The molecule has 7 heteroatoms. The molecule has 7 nitrogen and oxygen atoms in total. The molecule has 0 atom stereocenters. The van der Waals surface area contributed by atoms with Crippen LogP contribution in [-0.4, -0.2) is 26.7 Å². The van der Waals surface area contributed by atoms with Gasteiger partial charge < -0.3 is 11.5 Å². The number of aromatic nitrogens is 3. The van der Waals surface area contributed by atoms with E-state index in [2.05, 4.69) is 15.0 Å². The van der Waals surface area contributed by atoms with E-state index in [-0.39, 0.29) is 17.8 Å². The first kappa shape index (κ1) is 8.47. The van der Waals surface area contributed by atoms with Crippen LogP contribution in [0.25, 0.3) is 0 Å². The Kier molecular flexibility index (Phi) is 2.24. The zero-order chi connectivity index (χ0) is 9.14. The molecule has 0 aliphatic heterocycles. The summed E-state index contributed by atoms with van der Waals surface area (Å²) in [6.45, 7) is 2.08. The molecule has 1 rings (SSSR count). The molecule has 12 heavy (non-hydrogen) atoms. The van der Waals surface area contributed by atoms with Crippen molar-refractivity contribution in [3.63, 3.8) is 0 Å². The number of nitrogens with zero attached hydrogens (tertiary/aromatic N) is 4. The standard InChI is InChI=1S/C5H10N6O/c1-2-11(12)5-9-3(6)8-4(7)10-5/h12H,2H2,1H3,(H4,6,7,8,9,10). The van der Waals surface area contributed by atoms with Gasteiger partial charge in [-0.3, -0.25) is 5.21 Å². The quantitative estimate of drug-likeness (QED) is 0.500. The van der Waals surface area contributed by atoms with E-state index >= 15 is 0 Å². The van der Waals surface area contributed by atoms with Crippen molar-refractivity contribution in [3.8, 4) is 0 Å². The lowest BCUT2D eigenvalue weighted by atomic mass is 10.7. The average Bonchev–Trinajstić information content (AvgIpc) is 2.01. The highest BCUT2D eigenvalue weighted by molar-refractivity contribution is 5.37. The molecule has 0 fully saturated rings. The van der Waals surface area contributed by atoms with E-state index in [1.54, 1.807) is 6.92 Å². The lowest BCUT2D eigenvalue weighted by molar-refractivity contribution is 0.253. The Hall–Kier alpha value is -1.63. The number of hydrogen-bond donors (Lipinski definition) is 3. The maximum absolute atomic E-state index is 9.15. The summed E-state index contributed by atoms with van der Waals surface area (Å²) in [4.78, 5) is 10.9. The van der Waals surface area contributed by atoms with Gasteiger partial charge in [0.25, 0.3) is 5.95 Å². The lowest BCUT2D eigenvalue weighted by Gasteiger charge is -2.11. The van der Waals surface area contributed by atoms with E-state index in [9.17, 15) is 0 Å². The van der Waals surface area contributed by atoms with Crippen LogP contribution in [0.2, 0.25) is 0 Å². The minimum absolute atomic E-state index is 0.00926. The van der Waals surface area contributed by atoms with Gasteiger partial charge in [0.05, 0.1) is 0 Å². The van der Waals surface area contributed by atoms with Crippen molar-refractivity contribution in [1.29, 1.82) is 0 Å². The number of nitrogens with two attached hydrogens (primary N) is 2. The maximum atomic E-state index is 9.15. The smallest absolute Gasteiger partial charge is 0.256 e. The minimum atomic E-state index is -0.00926. The molecule has 66 valence electrons. The Balaban J connectivity index is 3.00. The molecule has 0 radical (unpaired) electrons. The SMILES string of the molecule is CCN(O)c1nc(N)nc(N)n1. The predicted molar refractivity (Wildman–Crippen MR) is 43.5 cm³/mol. The van der Waals surface area contributed by atoms with Crippen LogP contribution in [0.4, 0.5) is 17.8 Å². The molecule has 0 unspecified atom stereocenters. The van der Waals surface area contributed by atoms with Crippen LogP contribution < -0.4 is 16.5 Å². The number of rotatable bonds is 2. The first-order chi connectivity index (χ1) is 5.63. The van der Waals surface area contributed by atoms with Gasteiger partial charge in [0.15, 0.2) is 0 Å². The second kappa shape index (κ2) is 3.18. The van der Waals surface area contributed by atoms with Crippen molar-refractivity contribution >= 4 is 17.8 Å². The first-order valence-electron chi connectivity index (χ1n) is 3.37. The molecule has 1 heterocycles. The third-order valence-electron chi connectivity index (χ3n) is 1.19. The topological polar surface area (TPSA) is 114 Å². The average molecular weight is 170 g/mol. The fourth-order valence-electron chi connectivity index (χ4n) is 0.654. The van der Waals surface area contributed by atoms with E-state index in [1.165, 1.54) is 0 Å². The van der Waals surface area contributed by atoms with Gasteiger partial charge in [-0.1, -0.05) is 0 Å². The van der Waals surface area contributed by atoms with Gasteiger partial charge in [-0.05, 0) is 6.92 Å². The number of hydrogen-bond acceptors (Lipinski definition) is 7. The predicted octanol–water partition coefficient (Wildman–Crippen LogP) is -0.748. The lowest BCUT2D eigenvalue weighted by Crippen LogP contribution is -2.21. The van der Waals surface area contributed by atoms with Gasteiger partial charge in [0.1, 0.15) is 0 Å². The van der Waals surface area contributed by atoms with Gasteiger partial charge >= 0.3 is 0 Å². The van der Waals surface area contributed by atoms with E-state index < -0.39 is 0 Å². The zero-order valence-corrected chi connectivity index (χ0v) is 6.60. The van der Waals surface area contributed by atoms with E-state index in [0.717, 1.165) is 5.06 Å². The molecule has 0 spiro atoms. The highest BCUT2D eigenvalue weighted by Crippen LogP contribution is 2.06. The normalized spacial score (nSPS) is 9.83. The van der Waals surface area contributed by atoms with Crippen molar-refractivity contribution in [2.75, 3.05) is 23.1 Å². The first-order valence-corrected chi connectivity index (χ1v) is 3.37. The van der Waals surface area contributed by atoms with Crippen molar-refractivity contribution < 1.29 is 5.21 Å². The molecule has 1 aromatic heterocycles. The van der Waals surface area contributed by atoms with E-state index in [4.69, 9.17) is 16.7 Å². The third-order valence-corrected chi connectivity index (χ3v) is 1.19. The Morgan fingerprint density at radius 2 is 1.75 bits per heavy atom. The molecule has 0 saturated carbocycles. The molecule has 0 amide bonds. The van der Waals surface area contributed by atoms with Crippen LogP contribution >= 0.6 is 0 Å². The summed E-state index contributed by atoms with van der Waals surface area (Å²) in [5.74, 6) is 0.0394. The molecule has 0 saturated heterocycles. The molecule has 0 aromatic carbocycles. The van der Waals surface area contributed by atoms with Crippen LogP contribution in [0.3, 0.4) is 0 Å². The van der Waals surface area contributed by atoms with E-state index in [0.29, 0.717) is 6.54 Å². The maximum Gasteiger partial charge on any atom is 0.256 e. The number of nitrogen functional groups attached to an aromatic ring is 2. The summed E-state index contributed by atoms with van der Waals surface area (Å²) in [6.07, 6.45) is 0. The van der Waals surface area contributed by atoms with Crippen molar-refractivity contribution in [1.82, 2.24) is 15.0 Å². The van der Waals surface area contributed by atoms with Crippen LogP contribution in [-0.2, 0) is 0 Å². The van der Waals surface area contributed by atoms with Crippen molar-refractivity contribution in [3.05, 3.63) is 0 Å². The second-order valence-electron chi connectivity index (χ2n) is 2.07. The monoisotopic (exact) mass is 170 g/mol. The molecule has 0 aliphatic rings. The molecule has 5 N–H and O–H groups in total. The Bertz CT molecular complexity index is 256. The fraction of sp³-hybridized carbons (Fsp3) is 0.400. The fourth-order valence-corrected chi connectivity index (χ4v) is 0.654. The third kappa shape index (κ3) is 1.70. The van der Waals surface area contributed by atoms with Gasteiger partial charge in [0.2, 0.25) is 11.9 Å². The Labute approximate surface area is 69.0 Å². The summed E-state index contributed by atoms with van der Waals surface area (Å²) >= 11 is 0. The summed E-state index contributed by atoms with van der Waals surface area (Å²) in [5, 5.41) is 9.98. The summed E-state index contributed by atoms with van der Waals surface area (Å²) in [6, 6.07) is 0. The van der Waals surface area contributed by atoms with Gasteiger partial charge in [-0.15, -0.1) is 0 Å². The van der Waals surface area contributed by atoms with Crippen LogP contribution in [0.1, 0.15) is 6.92 Å². The largest absolute Gasteiger partial charge is 0.368 e. The summed E-state index contributed by atoms with van der Waals surface area (Å²) in [7, 11) is 0. The highest BCUT2D eigenvalue weighted by atomic mass is 16.5. The van der Waals surface area contributed by atoms with E-state index in [1.807, 2.05) is 0 Å². The number of hydroxylamine groups is 1. The summed E-state index contributed by atoms with van der Waals surface area (Å²) < 4.78 is 0. The Morgan fingerprint density at radius 1 is 1.25 bits per heavy atom. The number of anilines is 3. The molecule has 0 aliphatic carbocycles. The molecular formula is C5H10N6O. The van der Waals surface area contributed by atoms with Crippen molar-refractivity contribution in [2.24, 2.45) is 0 Å². The van der Waals surface area contributed by atoms with Crippen LogP contribution in [0.15, 0.2) is 0 Å². The van der Waals surface area contributed by atoms with Crippen LogP contribution in [0.5, 0.6) is 0 Å². The summed E-state index contributed by atoms with van der Waals surface area (Å²) in [5.41, 5.74) is 10.5. The molecule has 0 bridgehead atoms. The molecular weight excluding hydrogens is 160 g/mol. The second-order valence-corrected chi connectivity index (χ2v) is 2.07. The highest BCUT2D eigenvalue weighted by Gasteiger charge is 2.06. The van der Waals surface area contributed by atoms with Crippen LogP contribution in [0, 0.1) is 0 Å². The van der Waals surface area contributed by atoms with Gasteiger partial charge in [-0.2, -0.15) is 15.0 Å². The molecule has 1 aromatic rings. The van der Waals surface area contributed by atoms with Gasteiger partial charge in [-0.25, -0.2) is 5.06 Å². The van der Waals surface area contributed by atoms with Crippen molar-refractivity contribution in [2.45, 2.75) is 6.92 Å². The van der Waals surface area contributed by atoms with Gasteiger partial charge in [0, 0.05) is 6.54 Å². The minimum Gasteiger partial charge on any atom is -0.368 e.